The number of benzene rings is 2. The number of ketones is 1. The third-order valence-corrected chi connectivity index (χ3v) is 3.42. The zero-order chi connectivity index (χ0) is 14.7. The minimum absolute atomic E-state index is 0.154. The van der Waals surface area contributed by atoms with Gasteiger partial charge >= 0.3 is 0 Å². The molecule has 0 heterocycles. The lowest BCUT2D eigenvalue weighted by atomic mass is 10.1. The van der Waals surface area contributed by atoms with Crippen molar-refractivity contribution in [3.05, 3.63) is 63.9 Å². The van der Waals surface area contributed by atoms with E-state index in [1.165, 1.54) is 19.1 Å². The van der Waals surface area contributed by atoms with E-state index in [4.69, 9.17) is 0 Å². The second kappa shape index (κ2) is 5.96. The summed E-state index contributed by atoms with van der Waals surface area (Å²) in [6.07, 6.45) is 0. The normalized spacial score (nSPS) is 10.2. The molecule has 1 N–H and O–H groups in total. The molecule has 0 spiro atoms. The van der Waals surface area contributed by atoms with E-state index < -0.39 is 11.7 Å². The fraction of sp³-hybridized carbons (Fsp3) is 0.0667. The van der Waals surface area contributed by atoms with Crippen LogP contribution in [0.4, 0.5) is 10.1 Å². The summed E-state index contributed by atoms with van der Waals surface area (Å²) in [5.41, 5.74) is 0.984. The lowest BCUT2D eigenvalue weighted by Crippen LogP contribution is -2.15. The van der Waals surface area contributed by atoms with Crippen molar-refractivity contribution < 1.29 is 14.0 Å². The standard InChI is InChI=1S/C15H11BrFNO2/c1-9(19)11-4-2-3-5-14(11)18-15(20)12-8-10(17)6-7-13(12)16/h2-8H,1H3,(H,18,20). The van der Waals surface area contributed by atoms with Crippen LogP contribution in [0.25, 0.3) is 0 Å². The summed E-state index contributed by atoms with van der Waals surface area (Å²) >= 11 is 3.20. The predicted molar refractivity (Wildman–Crippen MR) is 78.5 cm³/mol. The molecule has 20 heavy (non-hydrogen) atoms. The maximum atomic E-state index is 13.2. The molecule has 3 nitrogen and oxygen atoms in total. The fourth-order valence-corrected chi connectivity index (χ4v) is 2.19. The van der Waals surface area contributed by atoms with Crippen LogP contribution in [0.2, 0.25) is 0 Å². The quantitative estimate of drug-likeness (QED) is 0.860. The van der Waals surface area contributed by atoms with E-state index in [0.29, 0.717) is 15.7 Å². The van der Waals surface area contributed by atoms with Gasteiger partial charge in [-0.2, -0.15) is 0 Å². The van der Waals surface area contributed by atoms with Crippen molar-refractivity contribution in [2.45, 2.75) is 6.92 Å². The van der Waals surface area contributed by atoms with E-state index >= 15 is 0 Å². The molecule has 0 fully saturated rings. The molecule has 2 aromatic rings. The first-order valence-electron chi connectivity index (χ1n) is 5.85. The Hall–Kier alpha value is -2.01. The molecule has 0 aliphatic rings. The molecular formula is C15H11BrFNO2. The first-order valence-corrected chi connectivity index (χ1v) is 6.64. The van der Waals surface area contributed by atoms with Crippen molar-refractivity contribution in [2.24, 2.45) is 0 Å². The van der Waals surface area contributed by atoms with Crippen molar-refractivity contribution in [3.63, 3.8) is 0 Å². The summed E-state index contributed by atoms with van der Waals surface area (Å²) in [6.45, 7) is 1.42. The average molecular weight is 336 g/mol. The fourth-order valence-electron chi connectivity index (χ4n) is 1.76. The lowest BCUT2D eigenvalue weighted by Gasteiger charge is -2.10. The highest BCUT2D eigenvalue weighted by molar-refractivity contribution is 9.10. The Kier molecular flexibility index (Phi) is 4.29. The zero-order valence-electron chi connectivity index (χ0n) is 10.6. The third-order valence-electron chi connectivity index (χ3n) is 2.73. The molecular weight excluding hydrogens is 325 g/mol. The van der Waals surface area contributed by atoms with E-state index in [9.17, 15) is 14.0 Å². The van der Waals surface area contributed by atoms with E-state index in [1.54, 1.807) is 24.3 Å². The van der Waals surface area contributed by atoms with Gasteiger partial charge in [0.05, 0.1) is 11.3 Å². The molecule has 102 valence electrons. The topological polar surface area (TPSA) is 46.2 Å². The van der Waals surface area contributed by atoms with Crippen molar-refractivity contribution >= 4 is 33.3 Å². The van der Waals surface area contributed by atoms with Crippen LogP contribution in [0, 0.1) is 5.82 Å². The maximum Gasteiger partial charge on any atom is 0.256 e. The van der Waals surface area contributed by atoms with E-state index in [1.807, 2.05) is 0 Å². The number of hydrogen-bond donors (Lipinski definition) is 1. The first-order chi connectivity index (χ1) is 9.49. The van der Waals surface area contributed by atoms with Crippen molar-refractivity contribution in [2.75, 3.05) is 5.32 Å². The molecule has 0 bridgehead atoms. The minimum Gasteiger partial charge on any atom is -0.321 e. The smallest absolute Gasteiger partial charge is 0.256 e. The van der Waals surface area contributed by atoms with Gasteiger partial charge in [0.25, 0.3) is 5.91 Å². The van der Waals surface area contributed by atoms with Crippen LogP contribution in [-0.2, 0) is 0 Å². The molecule has 0 atom stereocenters. The van der Waals surface area contributed by atoms with E-state index in [0.717, 1.165) is 6.07 Å². The second-order valence-corrected chi connectivity index (χ2v) is 5.03. The van der Waals surface area contributed by atoms with Gasteiger partial charge in [-0.1, -0.05) is 12.1 Å². The van der Waals surface area contributed by atoms with Gasteiger partial charge < -0.3 is 5.32 Å². The summed E-state index contributed by atoms with van der Waals surface area (Å²) in [5, 5.41) is 2.62. The second-order valence-electron chi connectivity index (χ2n) is 4.18. The van der Waals surface area contributed by atoms with Crippen LogP contribution in [0.5, 0.6) is 0 Å². The van der Waals surface area contributed by atoms with Crippen molar-refractivity contribution in [3.8, 4) is 0 Å². The summed E-state index contributed by atoms with van der Waals surface area (Å²) in [5.74, 6) is -1.14. The molecule has 0 radical (unpaired) electrons. The number of carbonyl (C=O) groups is 2. The summed E-state index contributed by atoms with van der Waals surface area (Å²) in [7, 11) is 0. The number of rotatable bonds is 3. The molecule has 2 rings (SSSR count). The number of para-hydroxylation sites is 1. The van der Waals surface area contributed by atoms with Gasteiger partial charge in [0.2, 0.25) is 0 Å². The Morgan fingerprint density at radius 3 is 2.50 bits per heavy atom. The molecule has 0 saturated carbocycles. The Morgan fingerprint density at radius 1 is 1.10 bits per heavy atom. The highest BCUT2D eigenvalue weighted by atomic mass is 79.9. The van der Waals surface area contributed by atoms with Gasteiger partial charge in [-0.15, -0.1) is 0 Å². The van der Waals surface area contributed by atoms with Crippen LogP contribution in [0.15, 0.2) is 46.9 Å². The Morgan fingerprint density at radius 2 is 1.80 bits per heavy atom. The lowest BCUT2D eigenvalue weighted by molar-refractivity contribution is 0.101. The molecule has 2 aromatic carbocycles. The number of carbonyl (C=O) groups excluding carboxylic acids is 2. The van der Waals surface area contributed by atoms with Crippen LogP contribution in [-0.4, -0.2) is 11.7 Å². The van der Waals surface area contributed by atoms with Crippen LogP contribution in [0.3, 0.4) is 0 Å². The van der Waals surface area contributed by atoms with Crippen LogP contribution in [0.1, 0.15) is 27.6 Å². The largest absolute Gasteiger partial charge is 0.321 e. The molecule has 0 saturated heterocycles. The molecule has 0 unspecified atom stereocenters. The van der Waals surface area contributed by atoms with Crippen molar-refractivity contribution in [1.29, 1.82) is 0 Å². The number of nitrogens with one attached hydrogen (secondary N) is 1. The zero-order valence-corrected chi connectivity index (χ0v) is 12.2. The Balaban J connectivity index is 2.33. The Labute approximate surface area is 123 Å². The number of anilines is 1. The minimum atomic E-state index is -0.502. The predicted octanol–water partition coefficient (Wildman–Crippen LogP) is 4.04. The average Bonchev–Trinajstić information content (AvgIpc) is 2.41. The van der Waals surface area contributed by atoms with Crippen molar-refractivity contribution in [1.82, 2.24) is 0 Å². The monoisotopic (exact) mass is 335 g/mol. The molecule has 0 aliphatic carbocycles. The first kappa shape index (κ1) is 14.4. The van der Waals surface area contributed by atoms with Gasteiger partial charge in [-0.25, -0.2) is 4.39 Å². The van der Waals surface area contributed by atoms with Gasteiger partial charge in [-0.3, -0.25) is 9.59 Å². The van der Waals surface area contributed by atoms with Gasteiger partial charge in [0.1, 0.15) is 5.82 Å². The number of Topliss-reactive ketones (excluding diaryl/α,β-unsaturated/α-hetero) is 1. The van der Waals surface area contributed by atoms with Crippen LogP contribution >= 0.6 is 15.9 Å². The highest BCUT2D eigenvalue weighted by Crippen LogP contribution is 2.21. The van der Waals surface area contributed by atoms with Gasteiger partial charge in [0, 0.05) is 10.0 Å². The highest BCUT2D eigenvalue weighted by Gasteiger charge is 2.14. The summed E-state index contributed by atoms with van der Waals surface area (Å²) < 4.78 is 13.7. The Bertz CT molecular complexity index is 685. The third kappa shape index (κ3) is 3.11. The number of hydrogen-bond acceptors (Lipinski definition) is 2. The molecule has 5 heteroatoms. The van der Waals surface area contributed by atoms with Gasteiger partial charge in [-0.05, 0) is 53.2 Å². The number of halogens is 2. The summed E-state index contributed by atoms with van der Waals surface area (Å²) in [6, 6.07) is 10.5. The van der Waals surface area contributed by atoms with Gasteiger partial charge in [0.15, 0.2) is 5.78 Å². The SMILES string of the molecule is CC(=O)c1ccccc1NC(=O)c1cc(F)ccc1Br. The number of amides is 1. The summed E-state index contributed by atoms with van der Waals surface area (Å²) in [4.78, 5) is 23.6. The van der Waals surface area contributed by atoms with E-state index in [-0.39, 0.29) is 11.3 Å². The van der Waals surface area contributed by atoms with E-state index in [2.05, 4.69) is 21.2 Å². The molecule has 0 aliphatic heterocycles. The van der Waals surface area contributed by atoms with Crippen LogP contribution < -0.4 is 5.32 Å². The molecule has 0 aromatic heterocycles. The maximum absolute atomic E-state index is 13.2. The molecule has 1 amide bonds.